The SMILES string of the molecule is CSCCCCC(=O)Nc1cccc(S(=O)(=O)NCCN)c1. The van der Waals surface area contributed by atoms with E-state index in [9.17, 15) is 13.2 Å². The van der Waals surface area contributed by atoms with Gasteiger partial charge < -0.3 is 11.1 Å². The highest BCUT2D eigenvalue weighted by Crippen LogP contribution is 2.16. The number of unbranched alkanes of at least 4 members (excludes halogenated alkanes) is 1. The molecule has 0 unspecified atom stereocenters. The summed E-state index contributed by atoms with van der Waals surface area (Å²) in [5, 5.41) is 2.72. The first-order valence-corrected chi connectivity index (χ1v) is 9.96. The van der Waals surface area contributed by atoms with Crippen molar-refractivity contribution in [3.63, 3.8) is 0 Å². The monoisotopic (exact) mass is 345 g/mol. The van der Waals surface area contributed by atoms with E-state index in [0.29, 0.717) is 12.1 Å². The molecule has 0 atom stereocenters. The number of nitrogens with one attached hydrogen (secondary N) is 2. The lowest BCUT2D eigenvalue weighted by molar-refractivity contribution is -0.116. The molecule has 0 fully saturated rings. The second-order valence-electron chi connectivity index (χ2n) is 4.71. The number of amides is 1. The van der Waals surface area contributed by atoms with Gasteiger partial charge in [0.2, 0.25) is 15.9 Å². The summed E-state index contributed by atoms with van der Waals surface area (Å²) in [6, 6.07) is 6.19. The number of carbonyl (C=O) groups is 1. The van der Waals surface area contributed by atoms with Crippen LogP contribution in [-0.4, -0.2) is 39.4 Å². The molecule has 6 nitrogen and oxygen atoms in total. The summed E-state index contributed by atoms with van der Waals surface area (Å²) in [5.74, 6) is 0.930. The molecule has 0 bridgehead atoms. The van der Waals surface area contributed by atoms with Crippen LogP contribution in [0.5, 0.6) is 0 Å². The molecular weight excluding hydrogens is 322 g/mol. The minimum Gasteiger partial charge on any atom is -0.329 e. The number of anilines is 1. The first-order valence-electron chi connectivity index (χ1n) is 7.08. The second-order valence-corrected chi connectivity index (χ2v) is 7.46. The molecule has 1 rings (SSSR count). The van der Waals surface area contributed by atoms with Gasteiger partial charge in [0.05, 0.1) is 4.90 Å². The predicted molar refractivity (Wildman–Crippen MR) is 91.5 cm³/mol. The van der Waals surface area contributed by atoms with Crippen molar-refractivity contribution in [1.29, 1.82) is 0 Å². The van der Waals surface area contributed by atoms with Crippen LogP contribution in [0, 0.1) is 0 Å². The molecule has 0 spiro atoms. The van der Waals surface area contributed by atoms with Crippen LogP contribution in [0.25, 0.3) is 0 Å². The maximum Gasteiger partial charge on any atom is 0.240 e. The van der Waals surface area contributed by atoms with E-state index < -0.39 is 10.0 Å². The fourth-order valence-electron chi connectivity index (χ4n) is 1.77. The summed E-state index contributed by atoms with van der Waals surface area (Å²) in [5.41, 5.74) is 5.77. The van der Waals surface area contributed by atoms with Crippen molar-refractivity contribution in [3.05, 3.63) is 24.3 Å². The highest BCUT2D eigenvalue weighted by molar-refractivity contribution is 7.98. The first-order chi connectivity index (χ1) is 10.5. The Morgan fingerprint density at radius 1 is 1.32 bits per heavy atom. The number of rotatable bonds is 10. The van der Waals surface area contributed by atoms with Gasteiger partial charge in [-0.2, -0.15) is 11.8 Å². The van der Waals surface area contributed by atoms with Gasteiger partial charge in [-0.05, 0) is 43.0 Å². The molecule has 0 aliphatic carbocycles. The lowest BCUT2D eigenvalue weighted by atomic mass is 10.2. The van der Waals surface area contributed by atoms with Crippen molar-refractivity contribution in [2.45, 2.75) is 24.2 Å². The number of hydrogen-bond acceptors (Lipinski definition) is 5. The molecule has 0 heterocycles. The molecule has 0 saturated heterocycles. The van der Waals surface area contributed by atoms with Crippen LogP contribution in [0.3, 0.4) is 0 Å². The molecule has 0 saturated carbocycles. The quantitative estimate of drug-likeness (QED) is 0.556. The van der Waals surface area contributed by atoms with Crippen molar-refractivity contribution in [2.24, 2.45) is 5.73 Å². The Kier molecular flexibility index (Phi) is 8.47. The average molecular weight is 345 g/mol. The van der Waals surface area contributed by atoms with E-state index in [4.69, 9.17) is 5.73 Å². The summed E-state index contributed by atoms with van der Waals surface area (Å²) in [7, 11) is -3.59. The van der Waals surface area contributed by atoms with Crippen molar-refractivity contribution in [2.75, 3.05) is 30.4 Å². The summed E-state index contributed by atoms with van der Waals surface area (Å²) < 4.78 is 26.4. The highest BCUT2D eigenvalue weighted by Gasteiger charge is 2.13. The molecule has 1 amide bonds. The lowest BCUT2D eigenvalue weighted by Crippen LogP contribution is -2.29. The van der Waals surface area contributed by atoms with E-state index in [1.165, 1.54) is 12.1 Å². The first kappa shape index (κ1) is 19.0. The van der Waals surface area contributed by atoms with Crippen molar-refractivity contribution < 1.29 is 13.2 Å². The molecule has 0 aromatic heterocycles. The molecule has 1 aromatic rings. The molecule has 8 heteroatoms. The van der Waals surface area contributed by atoms with Crippen LogP contribution in [0.2, 0.25) is 0 Å². The van der Waals surface area contributed by atoms with Gasteiger partial charge in [0.25, 0.3) is 0 Å². The third-order valence-electron chi connectivity index (χ3n) is 2.87. The van der Waals surface area contributed by atoms with Gasteiger partial charge in [-0.15, -0.1) is 0 Å². The standard InChI is InChI=1S/C14H23N3O3S2/c1-21-10-3-2-7-14(18)17-12-5-4-6-13(11-12)22(19,20)16-9-8-15/h4-6,11,16H,2-3,7-10,15H2,1H3,(H,17,18). The van der Waals surface area contributed by atoms with Gasteiger partial charge in [-0.1, -0.05) is 6.07 Å². The molecule has 124 valence electrons. The molecule has 4 N–H and O–H groups in total. The Hall–Kier alpha value is -1.09. The Balaban J connectivity index is 2.62. The van der Waals surface area contributed by atoms with Gasteiger partial charge in [0.1, 0.15) is 0 Å². The average Bonchev–Trinajstić information content (AvgIpc) is 2.50. The largest absolute Gasteiger partial charge is 0.329 e. The Morgan fingerprint density at radius 3 is 2.77 bits per heavy atom. The van der Waals surface area contributed by atoms with Crippen LogP contribution in [0.15, 0.2) is 29.2 Å². The summed E-state index contributed by atoms with van der Waals surface area (Å²) in [6.07, 6.45) is 4.28. The summed E-state index contributed by atoms with van der Waals surface area (Å²) >= 11 is 1.75. The van der Waals surface area contributed by atoms with Gasteiger partial charge in [-0.3, -0.25) is 4.79 Å². The van der Waals surface area contributed by atoms with Gasteiger partial charge >= 0.3 is 0 Å². The number of nitrogens with two attached hydrogens (primary N) is 1. The predicted octanol–water partition coefficient (Wildman–Crippen LogP) is 1.40. The molecular formula is C14H23N3O3S2. The van der Waals surface area contributed by atoms with E-state index in [1.54, 1.807) is 23.9 Å². The van der Waals surface area contributed by atoms with Crippen molar-refractivity contribution in [3.8, 4) is 0 Å². The fraction of sp³-hybridized carbons (Fsp3) is 0.500. The van der Waals surface area contributed by atoms with E-state index in [0.717, 1.165) is 18.6 Å². The number of thioether (sulfide) groups is 1. The third-order valence-corrected chi connectivity index (χ3v) is 5.02. The Bertz CT molecular complexity index is 576. The van der Waals surface area contributed by atoms with E-state index in [-0.39, 0.29) is 23.9 Å². The van der Waals surface area contributed by atoms with Gasteiger partial charge in [-0.25, -0.2) is 13.1 Å². The van der Waals surface area contributed by atoms with E-state index >= 15 is 0 Å². The molecule has 0 aliphatic heterocycles. The number of sulfonamides is 1. The smallest absolute Gasteiger partial charge is 0.240 e. The van der Waals surface area contributed by atoms with Crippen molar-refractivity contribution in [1.82, 2.24) is 4.72 Å². The van der Waals surface area contributed by atoms with Crippen LogP contribution in [-0.2, 0) is 14.8 Å². The van der Waals surface area contributed by atoms with Crippen molar-refractivity contribution >= 4 is 33.4 Å². The molecule has 0 radical (unpaired) electrons. The number of carbonyl (C=O) groups excluding carboxylic acids is 1. The fourth-order valence-corrected chi connectivity index (χ4v) is 3.36. The minimum atomic E-state index is -3.59. The number of hydrogen-bond donors (Lipinski definition) is 3. The zero-order valence-electron chi connectivity index (χ0n) is 12.7. The maximum atomic E-state index is 12.0. The van der Waals surface area contributed by atoms with E-state index in [1.807, 2.05) is 6.26 Å². The van der Waals surface area contributed by atoms with Gasteiger partial charge in [0, 0.05) is 25.2 Å². The zero-order valence-corrected chi connectivity index (χ0v) is 14.3. The van der Waals surface area contributed by atoms with E-state index in [2.05, 4.69) is 10.0 Å². The van der Waals surface area contributed by atoms with Crippen LogP contribution >= 0.6 is 11.8 Å². The summed E-state index contributed by atoms with van der Waals surface area (Å²) in [4.78, 5) is 11.9. The second kappa shape index (κ2) is 9.83. The lowest BCUT2D eigenvalue weighted by Gasteiger charge is -2.09. The zero-order chi connectivity index (χ0) is 16.4. The normalized spacial score (nSPS) is 11.4. The molecule has 0 aliphatic rings. The van der Waals surface area contributed by atoms with Crippen LogP contribution in [0.1, 0.15) is 19.3 Å². The Morgan fingerprint density at radius 2 is 2.09 bits per heavy atom. The minimum absolute atomic E-state index is 0.106. The topological polar surface area (TPSA) is 101 Å². The van der Waals surface area contributed by atoms with Crippen LogP contribution in [0.4, 0.5) is 5.69 Å². The highest BCUT2D eigenvalue weighted by atomic mass is 32.2. The summed E-state index contributed by atoms with van der Waals surface area (Å²) in [6.45, 7) is 0.403. The van der Waals surface area contributed by atoms with Gasteiger partial charge in [0.15, 0.2) is 0 Å². The molecule has 22 heavy (non-hydrogen) atoms. The van der Waals surface area contributed by atoms with Crippen LogP contribution < -0.4 is 15.8 Å². The third kappa shape index (κ3) is 6.78. The molecule has 1 aromatic carbocycles. The Labute approximate surface area is 136 Å². The number of benzene rings is 1. The maximum absolute atomic E-state index is 12.0.